The zero-order chi connectivity index (χ0) is 15.5. The molecule has 0 aliphatic heterocycles. The molecule has 4 rings (SSSR count). The van der Waals surface area contributed by atoms with Crippen LogP contribution in [0.15, 0.2) is 84.9 Å². The van der Waals surface area contributed by atoms with Gasteiger partial charge in [0, 0.05) is 27.7 Å². The van der Waals surface area contributed by atoms with Gasteiger partial charge in [-0.25, -0.2) is 0 Å². The number of hydrogen-bond donors (Lipinski definition) is 1. The quantitative estimate of drug-likeness (QED) is 0.462. The first kappa shape index (κ1) is 13.4. The van der Waals surface area contributed by atoms with Crippen LogP contribution >= 0.6 is 0 Å². The first-order valence-electron chi connectivity index (χ1n) is 7.64. The summed E-state index contributed by atoms with van der Waals surface area (Å²) in [5.74, 6) is 6.44. The Morgan fingerprint density at radius 1 is 0.609 bits per heavy atom. The predicted molar refractivity (Wildman–Crippen MR) is 96.2 cm³/mol. The first-order chi connectivity index (χ1) is 11.4. The topological polar surface area (TPSA) is 15.8 Å². The average Bonchev–Trinajstić information content (AvgIpc) is 3.05. The lowest BCUT2D eigenvalue weighted by Gasteiger charge is -1.95. The van der Waals surface area contributed by atoms with E-state index < -0.39 is 0 Å². The number of benzene rings is 3. The summed E-state index contributed by atoms with van der Waals surface area (Å²) < 4.78 is 0. The lowest BCUT2D eigenvalue weighted by Crippen LogP contribution is -1.76. The molecule has 1 N–H and O–H groups in total. The van der Waals surface area contributed by atoms with Gasteiger partial charge in [0.05, 0.1) is 0 Å². The number of aromatic nitrogens is 1. The van der Waals surface area contributed by atoms with E-state index in [4.69, 9.17) is 0 Å². The van der Waals surface area contributed by atoms with Crippen LogP contribution in [-0.4, -0.2) is 4.98 Å². The van der Waals surface area contributed by atoms with E-state index in [1.807, 2.05) is 36.4 Å². The third kappa shape index (κ3) is 2.88. The van der Waals surface area contributed by atoms with E-state index >= 15 is 0 Å². The normalized spacial score (nSPS) is 10.3. The molecule has 4 aromatic rings. The second-order valence-corrected chi connectivity index (χ2v) is 5.47. The van der Waals surface area contributed by atoms with Gasteiger partial charge < -0.3 is 4.98 Å². The summed E-state index contributed by atoms with van der Waals surface area (Å²) in [6, 6.07) is 28.9. The molecule has 1 heterocycles. The number of hydrogen-bond acceptors (Lipinski definition) is 0. The van der Waals surface area contributed by atoms with Gasteiger partial charge >= 0.3 is 0 Å². The van der Waals surface area contributed by atoms with Crippen molar-refractivity contribution in [3.8, 4) is 23.1 Å². The molecule has 0 aliphatic rings. The summed E-state index contributed by atoms with van der Waals surface area (Å²) in [5.41, 5.74) is 5.52. The molecule has 108 valence electrons. The van der Waals surface area contributed by atoms with Gasteiger partial charge in [-0.3, -0.25) is 0 Å². The second kappa shape index (κ2) is 5.87. The van der Waals surface area contributed by atoms with Crippen LogP contribution in [-0.2, 0) is 0 Å². The van der Waals surface area contributed by atoms with Gasteiger partial charge in [0.1, 0.15) is 0 Å². The fraction of sp³-hybridized carbons (Fsp3) is 0. The molecule has 0 saturated carbocycles. The van der Waals surface area contributed by atoms with E-state index in [1.54, 1.807) is 0 Å². The van der Waals surface area contributed by atoms with E-state index in [0.717, 1.165) is 22.3 Å². The van der Waals surface area contributed by atoms with E-state index in [1.165, 1.54) is 10.9 Å². The molecule has 0 aliphatic carbocycles. The van der Waals surface area contributed by atoms with Crippen molar-refractivity contribution < 1.29 is 0 Å². The molecule has 0 radical (unpaired) electrons. The molecule has 1 heteroatoms. The van der Waals surface area contributed by atoms with Crippen molar-refractivity contribution in [2.45, 2.75) is 0 Å². The van der Waals surface area contributed by atoms with Crippen molar-refractivity contribution in [1.82, 2.24) is 4.98 Å². The van der Waals surface area contributed by atoms with Crippen molar-refractivity contribution in [2.24, 2.45) is 0 Å². The highest BCUT2D eigenvalue weighted by molar-refractivity contribution is 5.87. The molecular weight excluding hydrogens is 278 g/mol. The molecule has 0 bridgehead atoms. The Morgan fingerprint density at radius 2 is 1.30 bits per heavy atom. The maximum Gasteiger partial charge on any atom is 0.0464 e. The van der Waals surface area contributed by atoms with E-state index in [-0.39, 0.29) is 0 Å². The van der Waals surface area contributed by atoms with Crippen LogP contribution in [0.5, 0.6) is 0 Å². The van der Waals surface area contributed by atoms with Crippen LogP contribution in [0.2, 0.25) is 0 Å². The number of nitrogens with one attached hydrogen (secondary N) is 1. The van der Waals surface area contributed by atoms with Crippen LogP contribution in [0, 0.1) is 11.8 Å². The molecule has 23 heavy (non-hydrogen) atoms. The Balaban J connectivity index is 1.70. The Bertz CT molecular complexity index is 999. The minimum absolute atomic E-state index is 1.03. The predicted octanol–water partition coefficient (Wildman–Crippen LogP) is 5.23. The zero-order valence-corrected chi connectivity index (χ0v) is 12.6. The van der Waals surface area contributed by atoms with Gasteiger partial charge in [-0.05, 0) is 42.0 Å². The van der Waals surface area contributed by atoms with Gasteiger partial charge in [-0.2, -0.15) is 0 Å². The maximum absolute atomic E-state index is 3.46. The highest BCUT2D eigenvalue weighted by Gasteiger charge is 2.03. The van der Waals surface area contributed by atoms with E-state index in [2.05, 4.69) is 65.4 Å². The Hall–Kier alpha value is -3.24. The first-order valence-corrected chi connectivity index (χ1v) is 7.64. The van der Waals surface area contributed by atoms with Crippen molar-refractivity contribution >= 4 is 10.9 Å². The van der Waals surface area contributed by atoms with Crippen molar-refractivity contribution in [3.63, 3.8) is 0 Å². The molecular formula is C22H15N. The molecule has 0 amide bonds. The molecule has 0 fully saturated rings. The summed E-state index contributed by atoms with van der Waals surface area (Å²) in [6.45, 7) is 0. The van der Waals surface area contributed by atoms with Crippen LogP contribution in [0.3, 0.4) is 0 Å². The summed E-state index contributed by atoms with van der Waals surface area (Å²) in [4.78, 5) is 3.46. The smallest absolute Gasteiger partial charge is 0.0464 e. The third-order valence-electron chi connectivity index (χ3n) is 3.83. The summed E-state index contributed by atoms with van der Waals surface area (Å²) in [7, 11) is 0. The molecule has 0 spiro atoms. The maximum atomic E-state index is 3.46. The van der Waals surface area contributed by atoms with Gasteiger partial charge in [0.2, 0.25) is 0 Å². The van der Waals surface area contributed by atoms with Crippen molar-refractivity contribution in [1.29, 1.82) is 0 Å². The highest BCUT2D eigenvalue weighted by Crippen LogP contribution is 2.24. The Kier molecular flexibility index (Phi) is 3.42. The van der Waals surface area contributed by atoms with Crippen molar-refractivity contribution in [3.05, 3.63) is 96.1 Å². The molecule has 3 aromatic carbocycles. The van der Waals surface area contributed by atoms with Gasteiger partial charge in [0.15, 0.2) is 0 Å². The Morgan fingerprint density at radius 3 is 2.09 bits per heavy atom. The molecule has 0 saturated heterocycles. The van der Waals surface area contributed by atoms with Crippen LogP contribution in [0.4, 0.5) is 0 Å². The van der Waals surface area contributed by atoms with Gasteiger partial charge in [-0.1, -0.05) is 60.4 Å². The van der Waals surface area contributed by atoms with Crippen LogP contribution < -0.4 is 0 Å². The number of rotatable bonds is 1. The molecule has 1 nitrogen and oxygen atoms in total. The molecule has 0 unspecified atom stereocenters. The SMILES string of the molecule is C(#Cc1ccc2[nH]c(-c3ccccc3)cc2c1)c1ccccc1. The van der Waals surface area contributed by atoms with E-state index in [0.29, 0.717) is 0 Å². The Labute approximate surface area is 135 Å². The lowest BCUT2D eigenvalue weighted by atomic mass is 10.1. The fourth-order valence-corrected chi connectivity index (χ4v) is 2.65. The summed E-state index contributed by atoms with van der Waals surface area (Å²) in [5, 5.41) is 1.18. The van der Waals surface area contributed by atoms with E-state index in [9.17, 15) is 0 Å². The largest absolute Gasteiger partial charge is 0.355 e. The number of aromatic amines is 1. The molecule has 0 atom stereocenters. The van der Waals surface area contributed by atoms with Gasteiger partial charge in [0.25, 0.3) is 0 Å². The third-order valence-corrected chi connectivity index (χ3v) is 3.83. The minimum Gasteiger partial charge on any atom is -0.355 e. The van der Waals surface area contributed by atoms with Gasteiger partial charge in [-0.15, -0.1) is 0 Å². The van der Waals surface area contributed by atoms with Crippen molar-refractivity contribution in [2.75, 3.05) is 0 Å². The van der Waals surface area contributed by atoms with Crippen LogP contribution in [0.25, 0.3) is 22.2 Å². The average molecular weight is 293 g/mol. The fourth-order valence-electron chi connectivity index (χ4n) is 2.65. The second-order valence-electron chi connectivity index (χ2n) is 5.47. The highest BCUT2D eigenvalue weighted by atomic mass is 14.7. The molecule has 1 aromatic heterocycles. The minimum atomic E-state index is 1.03. The zero-order valence-electron chi connectivity index (χ0n) is 12.6. The summed E-state index contributed by atoms with van der Waals surface area (Å²) in [6.07, 6.45) is 0. The number of H-pyrrole nitrogens is 1. The standard InChI is InChI=1S/C22H15N/c1-3-7-17(8-4-1)11-12-18-13-14-21-20(15-18)16-22(23-21)19-9-5-2-6-10-19/h1-10,13-16,23H. The lowest BCUT2D eigenvalue weighted by molar-refractivity contribution is 1.45. The summed E-state index contributed by atoms with van der Waals surface area (Å²) >= 11 is 0. The monoisotopic (exact) mass is 293 g/mol. The van der Waals surface area contributed by atoms with Crippen LogP contribution in [0.1, 0.15) is 11.1 Å². The number of fused-ring (bicyclic) bond motifs is 1.